The third-order valence-electron chi connectivity index (χ3n) is 3.71. The molecule has 1 atom stereocenters. The Hall–Kier alpha value is -2.34. The molecule has 4 N–H and O–H groups in total. The largest absolute Gasteiger partial charge is 0.384 e. The van der Waals surface area contributed by atoms with E-state index in [2.05, 4.69) is 15.6 Å². The first-order valence-electron chi connectivity index (χ1n) is 6.80. The molecule has 4 rings (SSSR count). The second-order valence-electron chi connectivity index (χ2n) is 5.30. The van der Waals surface area contributed by atoms with Crippen LogP contribution in [0, 0.1) is 0 Å². The number of aromatic nitrogens is 1. The quantitative estimate of drug-likeness (QED) is 0.596. The molecule has 0 fully saturated rings. The fraction of sp³-hybridized carbons (Fsp3) is 0.200. The number of pyridine rings is 1. The van der Waals surface area contributed by atoms with Crippen molar-refractivity contribution in [3.63, 3.8) is 0 Å². The van der Waals surface area contributed by atoms with Gasteiger partial charge in [0.15, 0.2) is 0 Å². The van der Waals surface area contributed by atoms with E-state index in [-0.39, 0.29) is 11.9 Å². The van der Waals surface area contributed by atoms with E-state index < -0.39 is 0 Å². The van der Waals surface area contributed by atoms with E-state index in [1.165, 1.54) is 11.3 Å². The Kier molecular flexibility index (Phi) is 2.56. The zero-order chi connectivity index (χ0) is 14.6. The minimum atomic E-state index is -0.0137. The van der Waals surface area contributed by atoms with Crippen LogP contribution in [0.25, 0.3) is 21.0 Å². The second-order valence-corrected chi connectivity index (χ2v) is 6.36. The number of hydrogen-bond donors (Lipinski definition) is 3. The van der Waals surface area contributed by atoms with Gasteiger partial charge in [-0.3, -0.25) is 4.79 Å². The number of rotatable bonds is 0. The van der Waals surface area contributed by atoms with E-state index in [0.717, 1.165) is 31.6 Å². The number of anilines is 2. The van der Waals surface area contributed by atoms with Gasteiger partial charge in [-0.15, -0.1) is 11.3 Å². The van der Waals surface area contributed by atoms with Crippen molar-refractivity contribution >= 4 is 49.7 Å². The predicted octanol–water partition coefficient (Wildman–Crippen LogP) is 2.58. The van der Waals surface area contributed by atoms with E-state index in [0.29, 0.717) is 12.4 Å². The van der Waals surface area contributed by atoms with E-state index in [1.807, 2.05) is 25.1 Å². The van der Waals surface area contributed by atoms with Gasteiger partial charge in [0.2, 0.25) is 0 Å². The van der Waals surface area contributed by atoms with Crippen LogP contribution in [0.3, 0.4) is 0 Å². The Morgan fingerprint density at radius 1 is 1.33 bits per heavy atom. The standard InChI is InChI=1S/C15H14N4OS/c1-7-6-17-13-12-8-2-5-11(16)19-9(8)3-4-10(12)21-14(13)15(20)18-7/h2-5,7,17H,6H2,1H3,(H2,16,19)(H,18,20)/t7-/m1/s1. The summed E-state index contributed by atoms with van der Waals surface area (Å²) in [7, 11) is 0. The summed E-state index contributed by atoms with van der Waals surface area (Å²) in [5.41, 5.74) is 7.52. The molecule has 5 nitrogen and oxygen atoms in total. The molecule has 1 amide bonds. The van der Waals surface area contributed by atoms with Crippen molar-refractivity contribution < 1.29 is 4.79 Å². The van der Waals surface area contributed by atoms with Crippen LogP contribution in [-0.4, -0.2) is 23.5 Å². The van der Waals surface area contributed by atoms with Crippen molar-refractivity contribution in [2.24, 2.45) is 0 Å². The zero-order valence-corrected chi connectivity index (χ0v) is 12.3. The minimum absolute atomic E-state index is 0.0137. The molecule has 3 heterocycles. The molecule has 6 heteroatoms. The van der Waals surface area contributed by atoms with Gasteiger partial charge in [0.25, 0.3) is 5.91 Å². The Balaban J connectivity index is 2.08. The average Bonchev–Trinajstić information content (AvgIpc) is 2.77. The van der Waals surface area contributed by atoms with Crippen molar-refractivity contribution in [2.45, 2.75) is 13.0 Å². The number of hydrogen-bond acceptors (Lipinski definition) is 5. The van der Waals surface area contributed by atoms with Crippen molar-refractivity contribution in [3.8, 4) is 0 Å². The summed E-state index contributed by atoms with van der Waals surface area (Å²) in [6.07, 6.45) is 0. The molecule has 0 aliphatic carbocycles. The van der Waals surface area contributed by atoms with Crippen LogP contribution in [-0.2, 0) is 0 Å². The summed E-state index contributed by atoms with van der Waals surface area (Å²) in [5, 5.41) is 8.47. The molecule has 1 aromatic carbocycles. The van der Waals surface area contributed by atoms with Gasteiger partial charge in [0, 0.05) is 28.1 Å². The SMILES string of the molecule is C[C@@H]1CNc2c(sc3ccc4nc(N)ccc4c23)C(=O)N1. The highest BCUT2D eigenvalue weighted by molar-refractivity contribution is 7.21. The summed E-state index contributed by atoms with van der Waals surface area (Å²) >= 11 is 1.51. The van der Waals surface area contributed by atoms with Gasteiger partial charge in [-0.2, -0.15) is 0 Å². The van der Waals surface area contributed by atoms with Gasteiger partial charge in [-0.25, -0.2) is 4.98 Å². The lowest BCUT2D eigenvalue weighted by atomic mass is 10.1. The molecule has 0 unspecified atom stereocenters. The van der Waals surface area contributed by atoms with Crippen molar-refractivity contribution in [2.75, 3.05) is 17.6 Å². The smallest absolute Gasteiger partial charge is 0.263 e. The molecular weight excluding hydrogens is 284 g/mol. The molecular formula is C15H14N4OS. The molecule has 0 bridgehead atoms. The van der Waals surface area contributed by atoms with Crippen LogP contribution in [0.2, 0.25) is 0 Å². The normalized spacial score (nSPS) is 18.1. The maximum absolute atomic E-state index is 12.3. The van der Waals surface area contributed by atoms with Crippen LogP contribution in [0.1, 0.15) is 16.6 Å². The average molecular weight is 298 g/mol. The Morgan fingerprint density at radius 2 is 2.19 bits per heavy atom. The molecule has 1 aliphatic heterocycles. The number of nitrogens with two attached hydrogens (primary N) is 1. The Bertz CT molecular complexity index is 886. The third-order valence-corrected chi connectivity index (χ3v) is 4.87. The van der Waals surface area contributed by atoms with Crippen molar-refractivity contribution in [3.05, 3.63) is 29.1 Å². The van der Waals surface area contributed by atoms with Gasteiger partial charge >= 0.3 is 0 Å². The summed E-state index contributed by atoms with van der Waals surface area (Å²) in [6.45, 7) is 2.70. The number of nitrogens with one attached hydrogen (secondary N) is 2. The maximum atomic E-state index is 12.3. The molecule has 21 heavy (non-hydrogen) atoms. The lowest BCUT2D eigenvalue weighted by Gasteiger charge is -2.10. The third kappa shape index (κ3) is 1.83. The van der Waals surface area contributed by atoms with Crippen molar-refractivity contribution in [1.82, 2.24) is 10.3 Å². The maximum Gasteiger partial charge on any atom is 0.263 e. The topological polar surface area (TPSA) is 80.0 Å². The summed E-state index contributed by atoms with van der Waals surface area (Å²) in [5.74, 6) is 0.489. The molecule has 0 saturated carbocycles. The Morgan fingerprint density at radius 3 is 3.05 bits per heavy atom. The fourth-order valence-electron chi connectivity index (χ4n) is 2.74. The number of carbonyl (C=O) groups excluding carboxylic acids is 1. The highest BCUT2D eigenvalue weighted by Crippen LogP contribution is 2.40. The van der Waals surface area contributed by atoms with Gasteiger partial charge in [-0.05, 0) is 31.2 Å². The number of fused-ring (bicyclic) bond motifs is 5. The summed E-state index contributed by atoms with van der Waals surface area (Å²) in [6, 6.07) is 7.83. The highest BCUT2D eigenvalue weighted by Gasteiger charge is 2.24. The summed E-state index contributed by atoms with van der Waals surface area (Å²) < 4.78 is 1.08. The fourth-order valence-corrected chi connectivity index (χ4v) is 3.84. The first-order chi connectivity index (χ1) is 10.1. The number of nitrogens with zero attached hydrogens (tertiary/aromatic N) is 1. The van der Waals surface area contributed by atoms with Crippen LogP contribution in [0.5, 0.6) is 0 Å². The molecule has 0 radical (unpaired) electrons. The first-order valence-corrected chi connectivity index (χ1v) is 7.61. The second kappa shape index (κ2) is 4.33. The van der Waals surface area contributed by atoms with E-state index in [4.69, 9.17) is 5.73 Å². The molecule has 0 spiro atoms. The lowest BCUT2D eigenvalue weighted by Crippen LogP contribution is -2.34. The number of amides is 1. The monoisotopic (exact) mass is 298 g/mol. The molecule has 106 valence electrons. The highest BCUT2D eigenvalue weighted by atomic mass is 32.1. The number of benzene rings is 1. The van der Waals surface area contributed by atoms with Crippen molar-refractivity contribution in [1.29, 1.82) is 0 Å². The lowest BCUT2D eigenvalue weighted by molar-refractivity contribution is 0.0949. The number of carbonyl (C=O) groups is 1. The van der Waals surface area contributed by atoms with Crippen LogP contribution in [0.4, 0.5) is 11.5 Å². The minimum Gasteiger partial charge on any atom is -0.384 e. The molecule has 1 aliphatic rings. The van der Waals surface area contributed by atoms with E-state index in [9.17, 15) is 4.79 Å². The predicted molar refractivity (Wildman–Crippen MR) is 87.0 cm³/mol. The zero-order valence-electron chi connectivity index (χ0n) is 11.4. The molecule has 0 saturated heterocycles. The van der Waals surface area contributed by atoms with Gasteiger partial charge in [0.1, 0.15) is 10.7 Å². The van der Waals surface area contributed by atoms with E-state index in [1.54, 1.807) is 6.07 Å². The van der Waals surface area contributed by atoms with E-state index >= 15 is 0 Å². The van der Waals surface area contributed by atoms with Crippen LogP contribution >= 0.6 is 11.3 Å². The van der Waals surface area contributed by atoms with Gasteiger partial charge < -0.3 is 16.4 Å². The Labute approximate surface area is 125 Å². The van der Waals surface area contributed by atoms with Crippen LogP contribution < -0.4 is 16.4 Å². The van der Waals surface area contributed by atoms with Crippen LogP contribution in [0.15, 0.2) is 24.3 Å². The number of thiophene rings is 1. The number of nitrogen functional groups attached to an aromatic ring is 1. The van der Waals surface area contributed by atoms with Gasteiger partial charge in [-0.1, -0.05) is 0 Å². The van der Waals surface area contributed by atoms with Gasteiger partial charge in [0.05, 0.1) is 11.2 Å². The molecule has 2 aromatic heterocycles. The summed E-state index contributed by atoms with van der Waals surface area (Å²) in [4.78, 5) is 17.4. The first kappa shape index (κ1) is 12.4. The molecule has 3 aromatic rings.